The SMILES string of the molecule is O=C(c1cc[nH]c(=O)c1)N1CC[C@H]2c3ccc(C(F)(C(F)(F)F)C(F)(F)F)cc3CC[C@H]21. The van der Waals surface area contributed by atoms with Crippen molar-refractivity contribution in [3.05, 3.63) is 69.1 Å². The van der Waals surface area contributed by atoms with Gasteiger partial charge in [0, 0.05) is 41.9 Å². The van der Waals surface area contributed by atoms with Crippen LogP contribution < -0.4 is 5.56 Å². The van der Waals surface area contributed by atoms with E-state index in [1.807, 2.05) is 0 Å². The first-order valence-corrected chi connectivity index (χ1v) is 9.80. The Hall–Kier alpha value is -2.85. The number of pyridine rings is 1. The Morgan fingerprint density at radius 2 is 1.66 bits per heavy atom. The molecular weight excluding hydrogens is 445 g/mol. The maximum atomic E-state index is 14.4. The molecule has 2 heterocycles. The van der Waals surface area contributed by atoms with Crippen molar-refractivity contribution in [2.75, 3.05) is 6.54 Å². The van der Waals surface area contributed by atoms with Crippen molar-refractivity contribution in [1.82, 2.24) is 9.88 Å². The maximum Gasteiger partial charge on any atom is 0.435 e. The Kier molecular flexibility index (Phi) is 5.13. The number of aromatic nitrogens is 1. The normalized spacial score (nSPS) is 21.3. The van der Waals surface area contributed by atoms with Gasteiger partial charge in [0.15, 0.2) is 0 Å². The molecule has 0 spiro atoms. The fourth-order valence-electron chi connectivity index (χ4n) is 4.76. The van der Waals surface area contributed by atoms with Crippen LogP contribution in [0.2, 0.25) is 0 Å². The number of halogens is 7. The van der Waals surface area contributed by atoms with Crippen LogP contribution in [0.15, 0.2) is 41.3 Å². The molecule has 1 aromatic heterocycles. The van der Waals surface area contributed by atoms with Crippen LogP contribution in [0.25, 0.3) is 0 Å². The second kappa shape index (κ2) is 7.35. The number of fused-ring (bicyclic) bond motifs is 3. The maximum absolute atomic E-state index is 14.4. The van der Waals surface area contributed by atoms with Crippen molar-refractivity contribution in [2.45, 2.75) is 49.2 Å². The van der Waals surface area contributed by atoms with E-state index in [2.05, 4.69) is 4.98 Å². The van der Waals surface area contributed by atoms with Gasteiger partial charge in [-0.3, -0.25) is 9.59 Å². The van der Waals surface area contributed by atoms with E-state index in [4.69, 9.17) is 0 Å². The Morgan fingerprint density at radius 3 is 2.28 bits per heavy atom. The largest absolute Gasteiger partial charge is 0.435 e. The molecule has 0 radical (unpaired) electrons. The van der Waals surface area contributed by atoms with Crippen LogP contribution in [0.5, 0.6) is 0 Å². The lowest BCUT2D eigenvalue weighted by molar-refractivity contribution is -0.348. The van der Waals surface area contributed by atoms with Crippen LogP contribution in [-0.4, -0.2) is 40.7 Å². The highest BCUT2D eigenvalue weighted by atomic mass is 19.4. The van der Waals surface area contributed by atoms with Gasteiger partial charge in [0.2, 0.25) is 5.56 Å². The molecule has 1 aromatic carbocycles. The number of rotatable bonds is 2. The molecule has 2 aromatic rings. The summed E-state index contributed by atoms with van der Waals surface area (Å²) in [6.45, 7) is 0.320. The van der Waals surface area contributed by atoms with Gasteiger partial charge >= 0.3 is 18.0 Å². The third kappa shape index (κ3) is 3.38. The first kappa shape index (κ1) is 22.3. The quantitative estimate of drug-likeness (QED) is 0.663. The number of hydrogen-bond acceptors (Lipinski definition) is 2. The highest BCUT2D eigenvalue weighted by molar-refractivity contribution is 5.94. The Bertz CT molecular complexity index is 1090. The minimum absolute atomic E-state index is 0.0925. The third-order valence-corrected chi connectivity index (χ3v) is 6.26. The van der Waals surface area contributed by atoms with Crippen LogP contribution in [0.1, 0.15) is 45.8 Å². The third-order valence-electron chi connectivity index (χ3n) is 6.26. The van der Waals surface area contributed by atoms with Crippen molar-refractivity contribution in [2.24, 2.45) is 0 Å². The topological polar surface area (TPSA) is 53.2 Å². The Labute approximate surface area is 177 Å². The zero-order chi connectivity index (χ0) is 23.5. The van der Waals surface area contributed by atoms with E-state index >= 15 is 0 Å². The number of carbonyl (C=O) groups excluding carboxylic acids is 1. The summed E-state index contributed by atoms with van der Waals surface area (Å²) in [7, 11) is 0. The summed E-state index contributed by atoms with van der Waals surface area (Å²) in [6.07, 6.45) is -10.2. The summed E-state index contributed by atoms with van der Waals surface area (Å²) in [5, 5.41) is 0. The van der Waals surface area contributed by atoms with E-state index in [0.29, 0.717) is 37.1 Å². The smallest absolute Gasteiger partial charge is 0.335 e. The highest BCUT2D eigenvalue weighted by Crippen LogP contribution is 2.54. The minimum atomic E-state index is -6.17. The monoisotopic (exact) mass is 462 g/mol. The molecule has 1 N–H and O–H groups in total. The second-order valence-corrected chi connectivity index (χ2v) is 8.01. The van der Waals surface area contributed by atoms with E-state index in [9.17, 15) is 40.3 Å². The second-order valence-electron chi connectivity index (χ2n) is 8.01. The standard InChI is InChI=1S/C21H17F7N2O2/c22-19(20(23,24)25,21(26,27)28)13-2-3-14-11(9-13)1-4-16-15(14)6-8-30(16)18(32)12-5-7-29-17(31)10-12/h2-3,5,7,9-10,15-16H,1,4,6,8H2,(H,29,31)/t15-,16+/m0/s1. The highest BCUT2D eigenvalue weighted by Gasteiger charge is 2.73. The number of aryl methyl sites for hydroxylation is 1. The summed E-state index contributed by atoms with van der Waals surface area (Å²) in [5.41, 5.74) is -6.50. The zero-order valence-electron chi connectivity index (χ0n) is 16.4. The molecule has 1 amide bonds. The predicted octanol–water partition coefficient (Wildman–Crippen LogP) is 4.61. The number of benzene rings is 1. The number of nitrogens with one attached hydrogen (secondary N) is 1. The van der Waals surface area contributed by atoms with Crippen LogP contribution in [0, 0.1) is 0 Å². The molecule has 0 saturated carbocycles. The summed E-state index contributed by atoms with van der Waals surface area (Å²) in [5.74, 6) is -0.676. The van der Waals surface area contributed by atoms with E-state index in [0.717, 1.165) is 12.1 Å². The van der Waals surface area contributed by atoms with Gasteiger partial charge in [-0.05, 0) is 36.5 Å². The predicted molar refractivity (Wildman–Crippen MR) is 98.9 cm³/mol. The summed E-state index contributed by atoms with van der Waals surface area (Å²) in [6, 6.07) is 4.58. The van der Waals surface area contributed by atoms with Crippen molar-refractivity contribution in [1.29, 1.82) is 0 Å². The number of nitrogens with zero attached hydrogens (tertiary/aromatic N) is 1. The lowest BCUT2D eigenvalue weighted by Crippen LogP contribution is -2.50. The number of alkyl halides is 7. The minimum Gasteiger partial charge on any atom is -0.335 e. The van der Waals surface area contributed by atoms with E-state index in [1.54, 1.807) is 4.90 Å². The van der Waals surface area contributed by atoms with Crippen molar-refractivity contribution < 1.29 is 35.5 Å². The number of hydrogen-bond donors (Lipinski definition) is 1. The fraction of sp³-hybridized carbons (Fsp3) is 0.429. The number of amides is 1. The zero-order valence-corrected chi connectivity index (χ0v) is 16.4. The molecule has 1 saturated heterocycles. The summed E-state index contributed by atoms with van der Waals surface area (Å²) in [4.78, 5) is 28.3. The molecule has 2 aliphatic rings. The van der Waals surface area contributed by atoms with Crippen LogP contribution in [-0.2, 0) is 12.1 Å². The molecule has 0 bridgehead atoms. The first-order valence-electron chi connectivity index (χ1n) is 9.80. The molecule has 172 valence electrons. The average molecular weight is 462 g/mol. The van der Waals surface area contributed by atoms with E-state index in [-0.39, 0.29) is 35.4 Å². The number of likely N-dealkylation sites (tertiary alicyclic amines) is 1. The van der Waals surface area contributed by atoms with E-state index in [1.165, 1.54) is 12.3 Å². The fourth-order valence-corrected chi connectivity index (χ4v) is 4.76. The summed E-state index contributed by atoms with van der Waals surface area (Å²) >= 11 is 0. The molecule has 1 fully saturated rings. The van der Waals surface area contributed by atoms with Crippen molar-refractivity contribution in [3.8, 4) is 0 Å². The summed E-state index contributed by atoms with van der Waals surface area (Å²) < 4.78 is 93.0. The van der Waals surface area contributed by atoms with Crippen molar-refractivity contribution in [3.63, 3.8) is 0 Å². The molecule has 11 heteroatoms. The van der Waals surface area contributed by atoms with Crippen molar-refractivity contribution >= 4 is 5.91 Å². The number of carbonyl (C=O) groups is 1. The van der Waals surface area contributed by atoms with E-state index < -0.39 is 29.1 Å². The van der Waals surface area contributed by atoms with Gasteiger partial charge in [0.05, 0.1) is 0 Å². The number of aromatic amines is 1. The van der Waals surface area contributed by atoms with Crippen LogP contribution in [0.4, 0.5) is 30.7 Å². The van der Waals surface area contributed by atoms with Crippen LogP contribution in [0.3, 0.4) is 0 Å². The average Bonchev–Trinajstić information content (AvgIpc) is 3.15. The van der Waals surface area contributed by atoms with Gasteiger partial charge in [-0.15, -0.1) is 0 Å². The van der Waals surface area contributed by atoms with Gasteiger partial charge in [-0.1, -0.05) is 18.2 Å². The number of H-pyrrole nitrogens is 1. The molecule has 1 aliphatic carbocycles. The molecule has 1 aliphatic heterocycles. The van der Waals surface area contributed by atoms with Gasteiger partial charge in [-0.2, -0.15) is 26.3 Å². The molecule has 4 nitrogen and oxygen atoms in total. The Balaban J connectivity index is 1.66. The lowest BCUT2D eigenvalue weighted by atomic mass is 9.77. The first-order chi connectivity index (χ1) is 14.8. The van der Waals surface area contributed by atoms with Gasteiger partial charge < -0.3 is 9.88 Å². The molecule has 32 heavy (non-hydrogen) atoms. The van der Waals surface area contributed by atoms with Gasteiger partial charge in [-0.25, -0.2) is 4.39 Å². The lowest BCUT2D eigenvalue weighted by Gasteiger charge is -2.35. The molecule has 0 unspecified atom stereocenters. The van der Waals surface area contributed by atoms with Crippen LogP contribution >= 0.6 is 0 Å². The molecular formula is C21H17F7N2O2. The van der Waals surface area contributed by atoms with Gasteiger partial charge in [0.25, 0.3) is 5.91 Å². The molecule has 2 atom stereocenters. The van der Waals surface area contributed by atoms with Gasteiger partial charge in [0.1, 0.15) is 0 Å². The Morgan fingerprint density at radius 1 is 0.969 bits per heavy atom. The molecule has 4 rings (SSSR count).